The Morgan fingerprint density at radius 2 is 1.50 bits per heavy atom. The van der Waals surface area contributed by atoms with Gasteiger partial charge in [-0.25, -0.2) is 0 Å². The normalized spacial score (nSPS) is 11.6. The third-order valence-corrected chi connectivity index (χ3v) is 8.47. The molecule has 0 fully saturated rings. The van der Waals surface area contributed by atoms with Gasteiger partial charge < -0.3 is 4.74 Å². The smallest absolute Gasteiger partial charge is 0.280 e. The largest absolute Gasteiger partial charge is 0.494 e. The first-order valence-electron chi connectivity index (χ1n) is 7.71. The maximum atomic E-state index is 6.35. The summed E-state index contributed by atoms with van der Waals surface area (Å²) in [4.78, 5) is 0. The molecule has 1 rings (SSSR count). The van der Waals surface area contributed by atoms with E-state index in [2.05, 4.69) is 6.92 Å². The van der Waals surface area contributed by atoms with Gasteiger partial charge in [0.2, 0.25) is 0 Å². The molecule has 0 aliphatic rings. The van der Waals surface area contributed by atoms with E-state index in [9.17, 15) is 0 Å². The third kappa shape index (κ3) is 6.51. The van der Waals surface area contributed by atoms with Crippen molar-refractivity contribution in [3.63, 3.8) is 0 Å². The van der Waals surface area contributed by atoms with Gasteiger partial charge in [0, 0.05) is 0 Å². The number of ether oxygens (including phenoxy) is 1. The van der Waals surface area contributed by atoms with Crippen LogP contribution in [-0.4, -0.2) is 13.3 Å². The minimum Gasteiger partial charge on any atom is -0.494 e. The zero-order valence-corrected chi connectivity index (χ0v) is 15.1. The van der Waals surface area contributed by atoms with E-state index in [1.54, 1.807) is 0 Å². The lowest BCUT2D eigenvalue weighted by atomic mass is 10.1. The Hall–Kier alpha value is -0.183. The lowest BCUT2D eigenvalue weighted by Crippen LogP contribution is -2.35. The lowest BCUT2D eigenvalue weighted by molar-refractivity contribution is 0.304. The van der Waals surface area contributed by atoms with Gasteiger partial charge in [0.05, 0.1) is 6.61 Å². The SMILES string of the molecule is CCCCCCCCOc1ccc([Si](Cl)(Cl)CC)cc1. The quantitative estimate of drug-likeness (QED) is 0.309. The molecular weight excluding hydrogens is 307 g/mol. The van der Waals surface area contributed by atoms with Crippen LogP contribution < -0.4 is 9.92 Å². The van der Waals surface area contributed by atoms with Gasteiger partial charge in [0.1, 0.15) is 5.75 Å². The van der Waals surface area contributed by atoms with Crippen molar-refractivity contribution in [1.82, 2.24) is 0 Å². The van der Waals surface area contributed by atoms with Crippen LogP contribution >= 0.6 is 22.2 Å². The highest BCUT2D eigenvalue weighted by atomic mass is 35.7. The predicted octanol–water partition coefficient (Wildman–Crippen LogP) is 5.57. The maximum absolute atomic E-state index is 6.35. The van der Waals surface area contributed by atoms with Crippen LogP contribution in [-0.2, 0) is 0 Å². The van der Waals surface area contributed by atoms with Gasteiger partial charge >= 0.3 is 0 Å². The molecule has 1 nitrogen and oxygen atoms in total. The van der Waals surface area contributed by atoms with Crippen LogP contribution in [0.25, 0.3) is 0 Å². The monoisotopic (exact) mass is 332 g/mol. The second-order valence-electron chi connectivity index (χ2n) is 5.20. The fraction of sp³-hybridized carbons (Fsp3) is 0.625. The highest BCUT2D eigenvalue weighted by Gasteiger charge is 2.28. The molecule has 0 aromatic heterocycles. The van der Waals surface area contributed by atoms with Crippen molar-refractivity contribution in [2.75, 3.05) is 6.61 Å². The molecular formula is C16H26Cl2OSi. The van der Waals surface area contributed by atoms with E-state index < -0.39 is 6.69 Å². The summed E-state index contributed by atoms with van der Waals surface area (Å²) in [6, 6.07) is 8.80. The fourth-order valence-corrected chi connectivity index (χ4v) is 3.89. The van der Waals surface area contributed by atoms with Crippen LogP contribution in [0.5, 0.6) is 5.75 Å². The van der Waals surface area contributed by atoms with Crippen molar-refractivity contribution in [3.05, 3.63) is 24.3 Å². The van der Waals surface area contributed by atoms with Crippen LogP contribution in [0.2, 0.25) is 6.04 Å². The number of unbranched alkanes of at least 4 members (excludes halogenated alkanes) is 5. The molecule has 0 N–H and O–H groups in total. The van der Waals surface area contributed by atoms with Gasteiger partial charge in [0.15, 0.2) is 0 Å². The van der Waals surface area contributed by atoms with E-state index in [0.29, 0.717) is 0 Å². The van der Waals surface area contributed by atoms with Crippen molar-refractivity contribution in [2.24, 2.45) is 0 Å². The number of halogens is 2. The number of rotatable bonds is 10. The zero-order valence-electron chi connectivity index (χ0n) is 12.6. The first-order valence-corrected chi connectivity index (χ1v) is 11.9. The maximum Gasteiger partial charge on any atom is 0.280 e. The minimum atomic E-state index is -2.24. The highest BCUT2D eigenvalue weighted by molar-refractivity contribution is 7.50. The standard InChI is InChI=1S/C16H26Cl2OSi/c1-3-5-6-7-8-9-14-19-15-10-12-16(13-11-15)20(17,18)4-2/h10-13H,3-9,14H2,1-2H3. The molecule has 0 bridgehead atoms. The number of hydrogen-bond acceptors (Lipinski definition) is 1. The van der Waals surface area contributed by atoms with E-state index in [0.717, 1.165) is 30.0 Å². The molecule has 114 valence electrons. The topological polar surface area (TPSA) is 9.23 Å². The molecule has 0 heterocycles. The van der Waals surface area contributed by atoms with Gasteiger partial charge in [-0.05, 0) is 29.8 Å². The minimum absolute atomic E-state index is 0.795. The van der Waals surface area contributed by atoms with Crippen molar-refractivity contribution >= 4 is 34.0 Å². The highest BCUT2D eigenvalue weighted by Crippen LogP contribution is 2.21. The van der Waals surface area contributed by atoms with E-state index in [-0.39, 0.29) is 0 Å². The van der Waals surface area contributed by atoms with Crippen molar-refractivity contribution in [1.29, 1.82) is 0 Å². The molecule has 0 aliphatic heterocycles. The van der Waals surface area contributed by atoms with Crippen LogP contribution in [0.15, 0.2) is 24.3 Å². The van der Waals surface area contributed by atoms with Gasteiger partial charge in [-0.1, -0.05) is 58.1 Å². The zero-order chi connectivity index (χ0) is 14.8. The molecule has 20 heavy (non-hydrogen) atoms. The van der Waals surface area contributed by atoms with Crippen molar-refractivity contribution in [3.8, 4) is 5.75 Å². The van der Waals surface area contributed by atoms with Crippen LogP contribution in [0, 0.1) is 0 Å². The summed E-state index contributed by atoms with van der Waals surface area (Å²) in [5.41, 5.74) is 0. The Morgan fingerprint density at radius 1 is 0.900 bits per heavy atom. The third-order valence-electron chi connectivity index (χ3n) is 3.49. The molecule has 0 amide bonds. The van der Waals surface area contributed by atoms with Gasteiger partial charge in [0.25, 0.3) is 6.69 Å². The average Bonchev–Trinajstić information content (AvgIpc) is 2.47. The molecule has 4 heteroatoms. The Balaban J connectivity index is 2.25. The Morgan fingerprint density at radius 3 is 2.10 bits per heavy atom. The molecule has 0 spiro atoms. The summed E-state index contributed by atoms with van der Waals surface area (Å²) in [5.74, 6) is 0.913. The molecule has 0 saturated carbocycles. The summed E-state index contributed by atoms with van der Waals surface area (Å²) < 4.78 is 5.74. The first-order chi connectivity index (χ1) is 9.60. The van der Waals surface area contributed by atoms with Crippen molar-refractivity contribution < 1.29 is 4.74 Å². The first kappa shape index (κ1) is 17.9. The molecule has 0 unspecified atom stereocenters. The van der Waals surface area contributed by atoms with Crippen LogP contribution in [0.1, 0.15) is 52.4 Å². The van der Waals surface area contributed by atoms with Crippen LogP contribution in [0.3, 0.4) is 0 Å². The molecule has 1 aromatic rings. The van der Waals surface area contributed by atoms with E-state index in [1.165, 1.54) is 32.1 Å². The average molecular weight is 333 g/mol. The molecule has 0 aliphatic carbocycles. The fourth-order valence-electron chi connectivity index (χ4n) is 2.07. The van der Waals surface area contributed by atoms with Crippen LogP contribution in [0.4, 0.5) is 0 Å². The Kier molecular flexibility index (Phi) is 8.66. The van der Waals surface area contributed by atoms with Gasteiger partial charge in [-0.3, -0.25) is 0 Å². The summed E-state index contributed by atoms with van der Waals surface area (Å²) in [6.45, 7) is 2.83. The predicted molar refractivity (Wildman–Crippen MR) is 92.9 cm³/mol. The summed E-state index contributed by atoms with van der Waals surface area (Å²) in [6.07, 6.45) is 7.70. The molecule has 0 atom stereocenters. The number of benzene rings is 1. The molecule has 0 saturated heterocycles. The van der Waals surface area contributed by atoms with Gasteiger partial charge in [-0.2, -0.15) is 0 Å². The summed E-state index contributed by atoms with van der Waals surface area (Å²) in [7, 11) is 0. The summed E-state index contributed by atoms with van der Waals surface area (Å²) in [5, 5.41) is 1.07. The molecule has 0 radical (unpaired) electrons. The Bertz CT molecular complexity index is 365. The van der Waals surface area contributed by atoms with E-state index >= 15 is 0 Å². The second-order valence-corrected chi connectivity index (χ2v) is 12.3. The Labute approximate surface area is 134 Å². The summed E-state index contributed by atoms with van der Waals surface area (Å²) >= 11 is 12.7. The van der Waals surface area contributed by atoms with E-state index in [4.69, 9.17) is 26.9 Å². The van der Waals surface area contributed by atoms with Crippen molar-refractivity contribution in [2.45, 2.75) is 58.4 Å². The molecule has 1 aromatic carbocycles. The second kappa shape index (κ2) is 9.70. The lowest BCUT2D eigenvalue weighted by Gasteiger charge is -2.15. The van der Waals surface area contributed by atoms with Gasteiger partial charge in [-0.15, -0.1) is 22.2 Å². The number of hydrogen-bond donors (Lipinski definition) is 0. The van der Waals surface area contributed by atoms with E-state index in [1.807, 2.05) is 31.2 Å².